The fraction of sp³-hybridized carbons (Fsp3) is 0. The van der Waals surface area contributed by atoms with Crippen LogP contribution in [0.4, 0.5) is 0 Å². The summed E-state index contributed by atoms with van der Waals surface area (Å²) in [7, 11) is 0. The van der Waals surface area contributed by atoms with Crippen molar-refractivity contribution in [2.45, 2.75) is 0 Å². The average molecular weight is 341 g/mol. The maximum atomic E-state index is 6.82. The van der Waals surface area contributed by atoms with E-state index in [9.17, 15) is 0 Å². The number of nitrogens with one attached hydrogen (secondary N) is 1. The van der Waals surface area contributed by atoms with Crippen molar-refractivity contribution in [1.29, 1.82) is 5.41 Å². The Labute approximate surface area is 158 Å². The largest absolute Gasteiger partial charge is 0.309 e. The van der Waals surface area contributed by atoms with Gasteiger partial charge in [0.25, 0.3) is 0 Å². The smallest absolute Gasteiger partial charge is 0.0177 e. The summed E-state index contributed by atoms with van der Waals surface area (Å²) >= 11 is 0. The standard InChI is InChI=1S/C25H27N/c1-2-3-4-5-6-7-8-9-10-11-12-13-14-15-16-17-18-19-20-21-22-23-24-25-26/h2-26H,1H2/b4-3+,6-5+,8-7+,10-9+,12-11+,14-13+,16-15+,18-17+,20-19+,22-21+,24-23+,26-25?. The zero-order valence-electron chi connectivity index (χ0n) is 15.1. The van der Waals surface area contributed by atoms with E-state index in [1.807, 2.05) is 128 Å². The Morgan fingerprint density at radius 1 is 0.308 bits per heavy atom. The summed E-state index contributed by atoms with van der Waals surface area (Å²) in [5, 5.41) is 6.82. The van der Waals surface area contributed by atoms with Crippen LogP contribution in [0.5, 0.6) is 0 Å². The van der Waals surface area contributed by atoms with Crippen molar-refractivity contribution in [3.8, 4) is 0 Å². The summed E-state index contributed by atoms with van der Waals surface area (Å²) in [4.78, 5) is 0. The lowest BCUT2D eigenvalue weighted by Crippen LogP contribution is -1.55. The van der Waals surface area contributed by atoms with E-state index in [0.717, 1.165) is 0 Å². The average Bonchev–Trinajstić information content (AvgIpc) is 2.66. The highest BCUT2D eigenvalue weighted by Gasteiger charge is 1.65. The summed E-state index contributed by atoms with van der Waals surface area (Å²) < 4.78 is 0. The number of rotatable bonds is 12. The Bertz CT molecular complexity index is 622. The molecule has 0 spiro atoms. The predicted octanol–water partition coefficient (Wildman–Crippen LogP) is 6.94. The molecule has 1 nitrogen and oxygen atoms in total. The predicted molar refractivity (Wildman–Crippen MR) is 120 cm³/mol. The van der Waals surface area contributed by atoms with Crippen molar-refractivity contribution in [2.24, 2.45) is 0 Å². The monoisotopic (exact) mass is 341 g/mol. The first-order valence-corrected chi connectivity index (χ1v) is 8.36. The van der Waals surface area contributed by atoms with Crippen LogP contribution in [0.1, 0.15) is 0 Å². The Morgan fingerprint density at radius 2 is 0.500 bits per heavy atom. The van der Waals surface area contributed by atoms with Crippen LogP contribution in [0.2, 0.25) is 0 Å². The van der Waals surface area contributed by atoms with E-state index >= 15 is 0 Å². The molecule has 0 rings (SSSR count). The molecule has 0 radical (unpaired) electrons. The van der Waals surface area contributed by atoms with Crippen molar-refractivity contribution in [3.63, 3.8) is 0 Å². The minimum Gasteiger partial charge on any atom is -0.309 e. The quantitative estimate of drug-likeness (QED) is 0.294. The fourth-order valence-corrected chi connectivity index (χ4v) is 1.42. The summed E-state index contributed by atoms with van der Waals surface area (Å²) in [6, 6.07) is 0. The van der Waals surface area contributed by atoms with Gasteiger partial charge in [0.05, 0.1) is 0 Å². The SMILES string of the molecule is C=C/C=C/C=C/C=C/C=C/C=C/C=C/C=C/C=C/C=C/C=C/C=C/C=N. The van der Waals surface area contributed by atoms with Crippen molar-refractivity contribution in [1.82, 2.24) is 0 Å². The number of hydrogen-bond acceptors (Lipinski definition) is 1. The van der Waals surface area contributed by atoms with E-state index in [4.69, 9.17) is 5.41 Å². The van der Waals surface area contributed by atoms with Gasteiger partial charge in [-0.2, -0.15) is 0 Å². The molecule has 132 valence electrons. The Balaban J connectivity index is 3.93. The first-order valence-electron chi connectivity index (χ1n) is 8.36. The molecule has 1 heteroatoms. The number of allylic oxidation sites excluding steroid dienone is 23. The molecule has 0 aliphatic carbocycles. The second-order valence-electron chi connectivity index (χ2n) is 4.64. The zero-order chi connectivity index (χ0) is 19.0. The topological polar surface area (TPSA) is 23.9 Å². The third kappa shape index (κ3) is 20.6. The summed E-state index contributed by atoms with van der Waals surface area (Å²) in [5.74, 6) is 0. The molecule has 0 bridgehead atoms. The first-order chi connectivity index (χ1) is 12.9. The molecule has 0 aliphatic rings. The lowest BCUT2D eigenvalue weighted by molar-refractivity contribution is 1.58. The highest BCUT2D eigenvalue weighted by atomic mass is 14.3. The van der Waals surface area contributed by atoms with Gasteiger partial charge in [0.2, 0.25) is 0 Å². The molecule has 0 aliphatic heterocycles. The minimum absolute atomic E-state index is 1.25. The Kier molecular flexibility index (Phi) is 18.7. The van der Waals surface area contributed by atoms with E-state index in [2.05, 4.69) is 6.58 Å². The lowest BCUT2D eigenvalue weighted by Gasteiger charge is -1.76. The molecule has 0 unspecified atom stereocenters. The summed E-state index contributed by atoms with van der Waals surface area (Å²) in [5.41, 5.74) is 0. The summed E-state index contributed by atoms with van der Waals surface area (Å²) in [6.45, 7) is 3.60. The van der Waals surface area contributed by atoms with Crippen LogP contribution in [0.25, 0.3) is 0 Å². The van der Waals surface area contributed by atoms with Crippen molar-refractivity contribution in [3.05, 3.63) is 146 Å². The van der Waals surface area contributed by atoms with Crippen LogP contribution >= 0.6 is 0 Å². The van der Waals surface area contributed by atoms with Crippen LogP contribution in [0.15, 0.2) is 146 Å². The third-order valence-corrected chi connectivity index (χ3v) is 2.57. The highest BCUT2D eigenvalue weighted by Crippen LogP contribution is 1.87. The molecular weight excluding hydrogens is 314 g/mol. The van der Waals surface area contributed by atoms with Gasteiger partial charge < -0.3 is 5.41 Å². The molecule has 0 atom stereocenters. The lowest BCUT2D eigenvalue weighted by atomic mass is 10.3. The molecule has 0 fully saturated rings. The van der Waals surface area contributed by atoms with Crippen molar-refractivity contribution in [2.75, 3.05) is 0 Å². The molecule has 0 aromatic heterocycles. The molecule has 0 heterocycles. The van der Waals surface area contributed by atoms with Crippen LogP contribution in [0, 0.1) is 5.41 Å². The molecule has 0 aromatic rings. The van der Waals surface area contributed by atoms with Crippen LogP contribution < -0.4 is 0 Å². The highest BCUT2D eigenvalue weighted by molar-refractivity contribution is 5.68. The van der Waals surface area contributed by atoms with Crippen molar-refractivity contribution < 1.29 is 0 Å². The van der Waals surface area contributed by atoms with Gasteiger partial charge in [0, 0.05) is 6.21 Å². The molecule has 0 aromatic carbocycles. The minimum atomic E-state index is 1.25. The molecule has 26 heavy (non-hydrogen) atoms. The van der Waals surface area contributed by atoms with Gasteiger partial charge >= 0.3 is 0 Å². The molecule has 0 amide bonds. The van der Waals surface area contributed by atoms with E-state index < -0.39 is 0 Å². The fourth-order valence-electron chi connectivity index (χ4n) is 1.42. The van der Waals surface area contributed by atoms with Gasteiger partial charge in [-0.15, -0.1) is 0 Å². The normalized spacial score (nSPS) is 14.3. The van der Waals surface area contributed by atoms with E-state index in [0.29, 0.717) is 0 Å². The van der Waals surface area contributed by atoms with Gasteiger partial charge in [-0.05, 0) is 6.08 Å². The molecule has 0 saturated heterocycles. The Morgan fingerprint density at radius 3 is 0.692 bits per heavy atom. The van der Waals surface area contributed by atoms with Gasteiger partial charge in [-0.3, -0.25) is 0 Å². The van der Waals surface area contributed by atoms with E-state index in [1.54, 1.807) is 12.2 Å². The first kappa shape index (κ1) is 22.6. The Hall–Kier alpha value is -3.45. The van der Waals surface area contributed by atoms with Crippen LogP contribution in [-0.4, -0.2) is 6.21 Å². The van der Waals surface area contributed by atoms with E-state index in [1.165, 1.54) is 6.21 Å². The van der Waals surface area contributed by atoms with E-state index in [-0.39, 0.29) is 0 Å². The summed E-state index contributed by atoms with van der Waals surface area (Å²) in [6.07, 6.45) is 45.6. The van der Waals surface area contributed by atoms with Crippen LogP contribution in [-0.2, 0) is 0 Å². The van der Waals surface area contributed by atoms with Crippen molar-refractivity contribution >= 4 is 6.21 Å². The maximum absolute atomic E-state index is 6.82. The zero-order valence-corrected chi connectivity index (χ0v) is 15.1. The van der Waals surface area contributed by atoms with Gasteiger partial charge in [-0.25, -0.2) is 0 Å². The van der Waals surface area contributed by atoms with Gasteiger partial charge in [0.1, 0.15) is 0 Å². The number of hydrogen-bond donors (Lipinski definition) is 1. The molecular formula is C25H27N. The second-order valence-corrected chi connectivity index (χ2v) is 4.64. The second kappa shape index (κ2) is 21.6. The van der Waals surface area contributed by atoms with Gasteiger partial charge in [0.15, 0.2) is 0 Å². The maximum Gasteiger partial charge on any atom is 0.0177 e. The molecule has 1 N–H and O–H groups in total. The third-order valence-electron chi connectivity index (χ3n) is 2.57. The van der Waals surface area contributed by atoms with Gasteiger partial charge in [-0.1, -0.05) is 140 Å². The molecule has 0 saturated carbocycles. The van der Waals surface area contributed by atoms with Crippen LogP contribution in [0.3, 0.4) is 0 Å².